The normalized spacial score (nSPS) is 11.0. The molecule has 0 unspecified atom stereocenters. The summed E-state index contributed by atoms with van der Waals surface area (Å²) in [7, 11) is 1.66. The van der Waals surface area contributed by atoms with Crippen molar-refractivity contribution >= 4 is 33.3 Å². The molecule has 0 saturated heterocycles. The quantitative estimate of drug-likeness (QED) is 0.465. The lowest BCUT2D eigenvalue weighted by Gasteiger charge is -2.06. The number of fused-ring (bicyclic) bond motifs is 1. The van der Waals surface area contributed by atoms with Gasteiger partial charge in [-0.15, -0.1) is 21.5 Å². The van der Waals surface area contributed by atoms with Gasteiger partial charge in [-0.25, -0.2) is 4.98 Å². The number of thioether (sulfide) groups is 1. The lowest BCUT2D eigenvalue weighted by Crippen LogP contribution is -1.93. The minimum absolute atomic E-state index is 0.784. The maximum absolute atomic E-state index is 5.33. The van der Waals surface area contributed by atoms with Gasteiger partial charge in [0.2, 0.25) is 0 Å². The van der Waals surface area contributed by atoms with Gasteiger partial charge in [0.15, 0.2) is 0 Å². The lowest BCUT2D eigenvalue weighted by molar-refractivity contribution is 0.415. The number of methoxy groups -OCH3 is 1. The van der Waals surface area contributed by atoms with E-state index in [1.807, 2.05) is 43.5 Å². The van der Waals surface area contributed by atoms with Crippen molar-refractivity contribution in [1.29, 1.82) is 0 Å². The Labute approximate surface area is 159 Å². The molecule has 3 heterocycles. The van der Waals surface area contributed by atoms with Gasteiger partial charge in [-0.2, -0.15) is 0 Å². The maximum Gasteiger partial charge on any atom is 0.146 e. The number of hydrogen-bond donors (Lipinski definition) is 0. The Morgan fingerprint density at radius 1 is 1.15 bits per heavy atom. The fourth-order valence-electron chi connectivity index (χ4n) is 2.61. The number of rotatable bonds is 5. The Hall–Kier alpha value is -2.51. The van der Waals surface area contributed by atoms with E-state index in [-0.39, 0.29) is 0 Å². The number of aryl methyl sites for hydroxylation is 1. The van der Waals surface area contributed by atoms with Crippen LogP contribution in [0.5, 0.6) is 5.75 Å². The van der Waals surface area contributed by atoms with Crippen LogP contribution in [-0.2, 0) is 5.75 Å². The first-order valence-corrected chi connectivity index (χ1v) is 9.85. The smallest absolute Gasteiger partial charge is 0.146 e. The average molecular weight is 380 g/mol. The van der Waals surface area contributed by atoms with Crippen molar-refractivity contribution in [2.75, 3.05) is 7.11 Å². The number of nitrogens with zero attached hydrogens (tertiary/aromatic N) is 4. The van der Waals surface area contributed by atoms with E-state index in [2.05, 4.69) is 21.2 Å². The van der Waals surface area contributed by atoms with Crippen LogP contribution in [-0.4, -0.2) is 27.3 Å². The fourth-order valence-corrected chi connectivity index (χ4v) is 4.46. The topological polar surface area (TPSA) is 60.8 Å². The molecule has 26 heavy (non-hydrogen) atoms. The van der Waals surface area contributed by atoms with Crippen LogP contribution < -0.4 is 4.74 Å². The fraction of sp³-hybridized carbons (Fsp3) is 0.158. The molecule has 0 atom stereocenters. The third kappa shape index (κ3) is 3.40. The van der Waals surface area contributed by atoms with E-state index in [0.29, 0.717) is 0 Å². The minimum Gasteiger partial charge on any atom is -0.497 e. The Balaban J connectivity index is 1.73. The molecule has 5 nitrogen and oxygen atoms in total. The van der Waals surface area contributed by atoms with Crippen LogP contribution in [0.1, 0.15) is 10.6 Å². The number of aromatic nitrogens is 4. The molecule has 0 aliphatic rings. The van der Waals surface area contributed by atoms with Crippen LogP contribution in [0.3, 0.4) is 0 Å². The molecular formula is C19H16N4OS2. The lowest BCUT2D eigenvalue weighted by atomic mass is 10.1. The molecule has 130 valence electrons. The zero-order chi connectivity index (χ0) is 17.9. The van der Waals surface area contributed by atoms with Crippen LogP contribution in [0.15, 0.2) is 53.8 Å². The third-order valence-electron chi connectivity index (χ3n) is 3.83. The minimum atomic E-state index is 0.784. The highest BCUT2D eigenvalue weighted by Gasteiger charge is 2.16. The van der Waals surface area contributed by atoms with Gasteiger partial charge in [0.1, 0.15) is 22.0 Å². The Morgan fingerprint density at radius 2 is 2.08 bits per heavy atom. The summed E-state index contributed by atoms with van der Waals surface area (Å²) in [6.07, 6.45) is 3.65. The molecule has 0 aliphatic carbocycles. The SMILES string of the molecule is COc1cccc(-c2nnc(SCc3cccnc3)c3nc(C)sc23)c1. The summed E-state index contributed by atoms with van der Waals surface area (Å²) in [5.74, 6) is 1.58. The van der Waals surface area contributed by atoms with Gasteiger partial charge in [0.25, 0.3) is 0 Å². The monoisotopic (exact) mass is 380 g/mol. The van der Waals surface area contributed by atoms with Gasteiger partial charge < -0.3 is 4.74 Å². The van der Waals surface area contributed by atoms with Gasteiger partial charge in [0, 0.05) is 23.7 Å². The Bertz CT molecular complexity index is 1050. The van der Waals surface area contributed by atoms with Crippen molar-refractivity contribution in [3.63, 3.8) is 0 Å². The molecule has 4 rings (SSSR count). The predicted molar refractivity (Wildman–Crippen MR) is 106 cm³/mol. The van der Waals surface area contributed by atoms with E-state index in [1.54, 1.807) is 36.4 Å². The van der Waals surface area contributed by atoms with Crippen LogP contribution >= 0.6 is 23.1 Å². The van der Waals surface area contributed by atoms with Crippen LogP contribution in [0.2, 0.25) is 0 Å². The van der Waals surface area contributed by atoms with Gasteiger partial charge in [-0.3, -0.25) is 4.98 Å². The molecule has 3 aromatic heterocycles. The summed E-state index contributed by atoms with van der Waals surface area (Å²) < 4.78 is 6.39. The molecule has 0 fully saturated rings. The van der Waals surface area contributed by atoms with Crippen LogP contribution in [0.4, 0.5) is 0 Å². The molecule has 0 bridgehead atoms. The van der Waals surface area contributed by atoms with Crippen molar-refractivity contribution in [1.82, 2.24) is 20.2 Å². The average Bonchev–Trinajstić information content (AvgIpc) is 3.08. The third-order valence-corrected chi connectivity index (χ3v) is 5.84. The van der Waals surface area contributed by atoms with Gasteiger partial charge in [0.05, 0.1) is 16.8 Å². The predicted octanol–water partition coefficient (Wildman–Crippen LogP) is 4.76. The maximum atomic E-state index is 5.33. The number of hydrogen-bond acceptors (Lipinski definition) is 7. The summed E-state index contributed by atoms with van der Waals surface area (Å²) in [5.41, 5.74) is 3.88. The molecule has 7 heteroatoms. The van der Waals surface area contributed by atoms with Crippen molar-refractivity contribution in [2.45, 2.75) is 17.7 Å². The second-order valence-electron chi connectivity index (χ2n) is 5.65. The van der Waals surface area contributed by atoms with E-state index in [0.717, 1.165) is 48.6 Å². The van der Waals surface area contributed by atoms with Gasteiger partial charge in [-0.1, -0.05) is 30.0 Å². The first-order chi connectivity index (χ1) is 12.7. The Morgan fingerprint density at radius 3 is 2.88 bits per heavy atom. The molecule has 4 aromatic rings. The van der Waals surface area contributed by atoms with E-state index in [1.165, 1.54) is 0 Å². The van der Waals surface area contributed by atoms with E-state index < -0.39 is 0 Å². The number of thiazole rings is 1. The molecule has 0 spiro atoms. The van der Waals surface area contributed by atoms with E-state index >= 15 is 0 Å². The van der Waals surface area contributed by atoms with E-state index in [4.69, 9.17) is 9.72 Å². The molecule has 0 saturated carbocycles. The summed E-state index contributed by atoms with van der Waals surface area (Å²) in [4.78, 5) is 8.86. The van der Waals surface area contributed by atoms with Crippen molar-refractivity contribution in [3.05, 3.63) is 59.4 Å². The molecular weight excluding hydrogens is 364 g/mol. The number of ether oxygens (including phenoxy) is 1. The highest BCUT2D eigenvalue weighted by Crippen LogP contribution is 2.36. The van der Waals surface area contributed by atoms with Crippen LogP contribution in [0.25, 0.3) is 21.5 Å². The summed E-state index contributed by atoms with van der Waals surface area (Å²) in [6.45, 7) is 2.01. The molecule has 0 radical (unpaired) electrons. The number of pyridine rings is 1. The van der Waals surface area contributed by atoms with Crippen molar-refractivity contribution in [3.8, 4) is 17.0 Å². The van der Waals surface area contributed by atoms with Crippen LogP contribution in [0, 0.1) is 6.92 Å². The van der Waals surface area contributed by atoms with Gasteiger partial charge >= 0.3 is 0 Å². The molecule has 0 amide bonds. The van der Waals surface area contributed by atoms with Crippen molar-refractivity contribution < 1.29 is 4.74 Å². The second-order valence-corrected chi connectivity index (χ2v) is 7.81. The molecule has 0 aliphatic heterocycles. The van der Waals surface area contributed by atoms with Gasteiger partial charge in [-0.05, 0) is 30.7 Å². The molecule has 1 aromatic carbocycles. The number of benzene rings is 1. The molecule has 0 N–H and O–H groups in total. The van der Waals surface area contributed by atoms with Crippen molar-refractivity contribution in [2.24, 2.45) is 0 Å². The summed E-state index contributed by atoms with van der Waals surface area (Å²) >= 11 is 3.28. The highest BCUT2D eigenvalue weighted by molar-refractivity contribution is 7.98. The largest absolute Gasteiger partial charge is 0.497 e. The first-order valence-electron chi connectivity index (χ1n) is 8.04. The summed E-state index contributed by atoms with van der Waals surface area (Å²) in [5, 5.41) is 10.8. The second kappa shape index (κ2) is 7.39. The Kier molecular flexibility index (Phi) is 4.81. The first kappa shape index (κ1) is 16.9. The zero-order valence-electron chi connectivity index (χ0n) is 14.3. The highest BCUT2D eigenvalue weighted by atomic mass is 32.2. The standard InChI is InChI=1S/C19H16N4OS2/c1-12-21-17-18(26-12)16(14-6-3-7-15(9-14)24-2)22-23-19(17)25-11-13-5-4-8-20-10-13/h3-10H,11H2,1-2H3. The van der Waals surface area contributed by atoms with E-state index in [9.17, 15) is 0 Å². The summed E-state index contributed by atoms with van der Waals surface area (Å²) in [6, 6.07) is 11.9. The zero-order valence-corrected chi connectivity index (χ0v) is 16.0.